The van der Waals surface area contributed by atoms with E-state index in [-0.39, 0.29) is 74.4 Å². The molecule has 1 fully saturated rings. The van der Waals surface area contributed by atoms with Gasteiger partial charge in [0.25, 0.3) is 5.91 Å². The lowest BCUT2D eigenvalue weighted by atomic mass is 9.84. The fourth-order valence-corrected chi connectivity index (χ4v) is 5.54. The van der Waals surface area contributed by atoms with Crippen LogP contribution in [0.5, 0.6) is 5.75 Å². The average Bonchev–Trinajstić information content (AvgIpc) is 2.92. The van der Waals surface area contributed by atoms with Gasteiger partial charge < -0.3 is 25.6 Å². The molecule has 0 saturated carbocycles. The molecule has 2 aromatic carbocycles. The molecule has 5 N–H and O–H groups in total. The number of carbonyl (C=O) groups excluding carboxylic acids is 3. The Morgan fingerprint density at radius 1 is 1.05 bits per heavy atom. The molecular formula is C28H39N5O8S. The molecule has 14 heteroatoms. The molecule has 13 nitrogen and oxygen atoms in total. The van der Waals surface area contributed by atoms with Gasteiger partial charge in [0.2, 0.25) is 15.9 Å². The Morgan fingerprint density at radius 3 is 2.21 bits per heavy atom. The van der Waals surface area contributed by atoms with E-state index in [2.05, 4.69) is 15.4 Å². The zero-order valence-corrected chi connectivity index (χ0v) is 25.1. The van der Waals surface area contributed by atoms with Gasteiger partial charge in [-0.15, -0.1) is 0 Å². The Labute approximate surface area is 245 Å². The first-order chi connectivity index (χ1) is 19.8. The number of hydrogen-bond acceptors (Lipinski definition) is 9. The van der Waals surface area contributed by atoms with E-state index < -0.39 is 27.4 Å². The molecular weight excluding hydrogens is 566 g/mol. The quantitative estimate of drug-likeness (QED) is 0.227. The van der Waals surface area contributed by atoms with Crippen LogP contribution in [-0.4, -0.2) is 93.6 Å². The van der Waals surface area contributed by atoms with E-state index in [0.717, 1.165) is 4.90 Å². The van der Waals surface area contributed by atoms with Crippen molar-refractivity contribution in [3.05, 3.63) is 47.5 Å². The summed E-state index contributed by atoms with van der Waals surface area (Å²) in [4.78, 5) is 41.3. The molecule has 42 heavy (non-hydrogen) atoms. The standard InChI is InChI=1S/C28H39N5O8S/c1-28(2,3)23-18-21(33-24(36)9-10-29-27(33)38)17-22(25(23)41-4)26(37)30-19-5-7-20(8-6-19)31-42(39,40)16-13-32(11-14-34)12-15-35/h5-8,17-18,31,34-35H,9-16H2,1-4H3,(H,29,38)(H,30,37). The second-order valence-electron chi connectivity index (χ2n) is 10.8. The van der Waals surface area contributed by atoms with Crippen molar-refractivity contribution in [1.29, 1.82) is 0 Å². The minimum Gasteiger partial charge on any atom is -0.496 e. The summed E-state index contributed by atoms with van der Waals surface area (Å²) in [6, 6.07) is 8.59. The number of nitrogens with zero attached hydrogens (tertiary/aromatic N) is 2. The van der Waals surface area contributed by atoms with Crippen molar-refractivity contribution in [1.82, 2.24) is 10.2 Å². The largest absolute Gasteiger partial charge is 0.496 e. The van der Waals surface area contributed by atoms with Crippen LogP contribution >= 0.6 is 0 Å². The number of amides is 4. The van der Waals surface area contributed by atoms with E-state index in [1.165, 1.54) is 37.4 Å². The highest BCUT2D eigenvalue weighted by Crippen LogP contribution is 2.38. The Bertz CT molecular complexity index is 1370. The van der Waals surface area contributed by atoms with Gasteiger partial charge in [-0.1, -0.05) is 20.8 Å². The maximum atomic E-state index is 13.5. The van der Waals surface area contributed by atoms with E-state index in [1.54, 1.807) is 11.0 Å². The molecule has 0 atom stereocenters. The summed E-state index contributed by atoms with van der Waals surface area (Å²) in [6.45, 7) is 6.32. The minimum atomic E-state index is -3.72. The second kappa shape index (κ2) is 14.0. The first-order valence-electron chi connectivity index (χ1n) is 13.5. The number of hydrogen-bond donors (Lipinski definition) is 5. The van der Waals surface area contributed by atoms with Gasteiger partial charge in [-0.05, 0) is 41.8 Å². The molecule has 2 aromatic rings. The van der Waals surface area contributed by atoms with Crippen LogP contribution in [0.2, 0.25) is 0 Å². The Morgan fingerprint density at radius 2 is 1.67 bits per heavy atom. The van der Waals surface area contributed by atoms with Crippen molar-refractivity contribution >= 4 is 44.9 Å². The van der Waals surface area contributed by atoms with E-state index in [1.807, 2.05) is 20.8 Å². The van der Waals surface area contributed by atoms with Crippen LogP contribution in [0, 0.1) is 0 Å². The Hall–Kier alpha value is -3.72. The maximum Gasteiger partial charge on any atom is 0.328 e. The summed E-state index contributed by atoms with van der Waals surface area (Å²) >= 11 is 0. The number of imide groups is 1. The molecule has 230 valence electrons. The van der Waals surface area contributed by atoms with Crippen molar-refractivity contribution in [3.8, 4) is 5.75 Å². The number of ether oxygens (including phenoxy) is 1. The summed E-state index contributed by atoms with van der Waals surface area (Å²) in [6.07, 6.45) is 0.129. The fraction of sp³-hybridized carbons (Fsp3) is 0.464. The third-order valence-corrected chi connectivity index (χ3v) is 7.85. The molecule has 0 spiro atoms. The van der Waals surface area contributed by atoms with Crippen molar-refractivity contribution in [3.63, 3.8) is 0 Å². The van der Waals surface area contributed by atoms with Crippen molar-refractivity contribution in [2.24, 2.45) is 0 Å². The lowest BCUT2D eigenvalue weighted by Gasteiger charge is -2.30. The third kappa shape index (κ3) is 8.41. The van der Waals surface area contributed by atoms with Crippen LogP contribution < -0.4 is 25.0 Å². The van der Waals surface area contributed by atoms with Crippen LogP contribution in [0.4, 0.5) is 21.9 Å². The predicted octanol–water partition coefficient (Wildman–Crippen LogP) is 1.72. The van der Waals surface area contributed by atoms with Gasteiger partial charge in [0, 0.05) is 49.5 Å². The molecule has 0 unspecified atom stereocenters. The van der Waals surface area contributed by atoms with Crippen LogP contribution in [0.1, 0.15) is 43.1 Å². The molecule has 1 aliphatic rings. The zero-order valence-electron chi connectivity index (χ0n) is 24.3. The predicted molar refractivity (Wildman–Crippen MR) is 160 cm³/mol. The number of benzene rings is 2. The fourth-order valence-electron chi connectivity index (χ4n) is 4.45. The number of rotatable bonds is 13. The van der Waals surface area contributed by atoms with Crippen LogP contribution in [0.3, 0.4) is 0 Å². The molecule has 3 rings (SSSR count). The molecule has 1 aliphatic heterocycles. The number of anilines is 3. The number of carbonyl (C=O) groups is 3. The summed E-state index contributed by atoms with van der Waals surface area (Å²) in [5, 5.41) is 23.6. The highest BCUT2D eigenvalue weighted by Gasteiger charge is 2.32. The molecule has 1 heterocycles. The Balaban J connectivity index is 1.82. The normalized spacial score (nSPS) is 14.1. The molecule has 0 bridgehead atoms. The highest BCUT2D eigenvalue weighted by atomic mass is 32.2. The summed E-state index contributed by atoms with van der Waals surface area (Å²) in [5.74, 6) is -0.877. The molecule has 1 saturated heterocycles. The van der Waals surface area contributed by atoms with Crippen molar-refractivity contribution in [2.45, 2.75) is 32.6 Å². The SMILES string of the molecule is COc1c(C(=O)Nc2ccc(NS(=O)(=O)CCN(CCO)CCO)cc2)cc(N2C(=O)CCNC2=O)cc1C(C)(C)C. The van der Waals surface area contributed by atoms with Gasteiger partial charge in [0.1, 0.15) is 5.75 Å². The highest BCUT2D eigenvalue weighted by molar-refractivity contribution is 7.92. The Kier molecular flexibility index (Phi) is 10.9. The first kappa shape index (κ1) is 32.8. The minimum absolute atomic E-state index is 0.117. The van der Waals surface area contributed by atoms with E-state index in [0.29, 0.717) is 17.0 Å². The van der Waals surface area contributed by atoms with Gasteiger partial charge in [-0.25, -0.2) is 18.1 Å². The molecule has 0 aliphatic carbocycles. The summed E-state index contributed by atoms with van der Waals surface area (Å²) in [7, 11) is -2.28. The number of aliphatic hydroxyl groups is 2. The van der Waals surface area contributed by atoms with Gasteiger partial charge in [-0.2, -0.15) is 0 Å². The topological polar surface area (TPSA) is 178 Å². The number of nitrogens with one attached hydrogen (secondary N) is 3. The van der Waals surface area contributed by atoms with Crippen molar-refractivity contribution in [2.75, 3.05) is 67.2 Å². The molecule has 4 amide bonds. The lowest BCUT2D eigenvalue weighted by Crippen LogP contribution is -2.50. The number of aliphatic hydroxyl groups excluding tert-OH is 2. The van der Waals surface area contributed by atoms with Gasteiger partial charge in [0.15, 0.2) is 0 Å². The van der Waals surface area contributed by atoms with Crippen LogP contribution in [0.25, 0.3) is 0 Å². The number of methoxy groups -OCH3 is 1. The van der Waals surface area contributed by atoms with E-state index >= 15 is 0 Å². The van der Waals surface area contributed by atoms with E-state index in [4.69, 9.17) is 14.9 Å². The van der Waals surface area contributed by atoms with Gasteiger partial charge in [-0.3, -0.25) is 19.2 Å². The monoisotopic (exact) mass is 605 g/mol. The third-order valence-electron chi connectivity index (χ3n) is 6.58. The molecule has 0 radical (unpaired) electrons. The number of sulfonamides is 1. The van der Waals surface area contributed by atoms with Crippen molar-refractivity contribution < 1.29 is 37.8 Å². The number of urea groups is 1. The lowest BCUT2D eigenvalue weighted by molar-refractivity contribution is -0.118. The summed E-state index contributed by atoms with van der Waals surface area (Å²) in [5.41, 5.74) is 1.14. The smallest absolute Gasteiger partial charge is 0.328 e. The van der Waals surface area contributed by atoms with Crippen LogP contribution in [-0.2, 0) is 20.2 Å². The molecule has 0 aromatic heterocycles. The van der Waals surface area contributed by atoms with Crippen LogP contribution in [0.15, 0.2) is 36.4 Å². The van der Waals surface area contributed by atoms with E-state index in [9.17, 15) is 22.8 Å². The average molecular weight is 606 g/mol. The second-order valence-corrected chi connectivity index (χ2v) is 12.6. The first-order valence-corrected chi connectivity index (χ1v) is 15.1. The van der Waals surface area contributed by atoms with Gasteiger partial charge >= 0.3 is 6.03 Å². The zero-order chi connectivity index (χ0) is 31.1. The van der Waals surface area contributed by atoms with Gasteiger partial charge in [0.05, 0.1) is 37.3 Å². The summed E-state index contributed by atoms with van der Waals surface area (Å²) < 4.78 is 33.2. The maximum absolute atomic E-state index is 13.5.